The number of benzene rings is 2. The fourth-order valence-corrected chi connectivity index (χ4v) is 6.28. The van der Waals surface area contributed by atoms with Gasteiger partial charge in [0.25, 0.3) is 5.56 Å². The molecule has 2 aromatic carbocycles. The Morgan fingerprint density at radius 2 is 1.95 bits per heavy atom. The molecule has 0 unspecified atom stereocenters. The number of halogens is 1. The zero-order valence-electron chi connectivity index (χ0n) is 23.1. The molecule has 43 heavy (non-hydrogen) atoms. The van der Waals surface area contributed by atoms with Crippen LogP contribution in [-0.2, 0) is 9.53 Å². The van der Waals surface area contributed by atoms with E-state index in [2.05, 4.69) is 0 Å². The van der Waals surface area contributed by atoms with Crippen LogP contribution in [0.15, 0.2) is 74.0 Å². The lowest BCUT2D eigenvalue weighted by atomic mass is 9.94. The molecule has 0 saturated carbocycles. The molecular weight excluding hydrogens is 596 g/mol. The number of carboxylic acid groups (broad SMARTS) is 1. The van der Waals surface area contributed by atoms with Crippen LogP contribution in [0.4, 0.5) is 0 Å². The fraction of sp³-hybridized carbons (Fsp3) is 0.226. The molecule has 4 aromatic rings. The number of thiazole rings is 1. The van der Waals surface area contributed by atoms with Gasteiger partial charge in [0.05, 0.1) is 39.0 Å². The van der Waals surface area contributed by atoms with Crippen molar-refractivity contribution in [3.05, 3.63) is 101 Å². The Morgan fingerprint density at radius 1 is 1.14 bits per heavy atom. The molecule has 0 amide bonds. The molecule has 0 aliphatic carbocycles. The van der Waals surface area contributed by atoms with Crippen molar-refractivity contribution in [3.63, 3.8) is 0 Å². The summed E-state index contributed by atoms with van der Waals surface area (Å²) in [5.41, 5.74) is 1.62. The molecule has 2 aromatic heterocycles. The average molecular weight is 621 g/mol. The Kier molecular flexibility index (Phi) is 7.68. The van der Waals surface area contributed by atoms with E-state index in [4.69, 9.17) is 35.2 Å². The molecule has 0 fully saturated rings. The average Bonchev–Trinajstić information content (AvgIpc) is 3.72. The van der Waals surface area contributed by atoms with Crippen molar-refractivity contribution in [1.29, 1.82) is 0 Å². The van der Waals surface area contributed by atoms with Gasteiger partial charge in [-0.25, -0.2) is 14.6 Å². The standard InChI is InChI=1S/C31H25ClN2O8S/c1-3-5-21-26(30(38)39-4-2)27(16-7-10-23-24(13-16)41-15-40-23)34-28(35)25(43-31(34)33-21)14-18-8-11-22(42-18)19-12-17(29(36)37)6-9-20(19)32/h6-14,27H,3-5,15H2,1-2H3,(H,36,37)/b25-14-/t27-/m0/s1. The van der Waals surface area contributed by atoms with Gasteiger partial charge in [0, 0.05) is 11.6 Å². The number of allylic oxidation sites excluding steroid dienone is 1. The first-order valence-corrected chi connectivity index (χ1v) is 14.7. The number of ether oxygens (including phenoxy) is 3. The zero-order chi connectivity index (χ0) is 30.2. The summed E-state index contributed by atoms with van der Waals surface area (Å²) in [7, 11) is 0. The first-order chi connectivity index (χ1) is 20.8. The second-order valence-electron chi connectivity index (χ2n) is 9.73. The molecule has 0 radical (unpaired) electrons. The van der Waals surface area contributed by atoms with Crippen LogP contribution in [0, 0.1) is 0 Å². The van der Waals surface area contributed by atoms with E-state index in [1.165, 1.54) is 34.1 Å². The summed E-state index contributed by atoms with van der Waals surface area (Å²) in [4.78, 5) is 44.0. The quantitative estimate of drug-likeness (QED) is 0.275. The molecule has 2 aliphatic heterocycles. The van der Waals surface area contributed by atoms with E-state index in [-0.39, 0.29) is 24.5 Å². The Hall–Kier alpha value is -4.61. The normalized spacial score (nSPS) is 15.8. The minimum Gasteiger partial charge on any atom is -0.478 e. The summed E-state index contributed by atoms with van der Waals surface area (Å²) < 4.78 is 24.3. The highest BCUT2D eigenvalue weighted by Gasteiger charge is 2.35. The van der Waals surface area contributed by atoms with E-state index >= 15 is 0 Å². The molecule has 12 heteroatoms. The lowest BCUT2D eigenvalue weighted by Crippen LogP contribution is -2.40. The lowest BCUT2D eigenvalue weighted by Gasteiger charge is -2.25. The second kappa shape index (κ2) is 11.6. The second-order valence-corrected chi connectivity index (χ2v) is 11.1. The van der Waals surface area contributed by atoms with E-state index in [1.54, 1.807) is 43.3 Å². The third-order valence-electron chi connectivity index (χ3n) is 6.98. The molecule has 0 saturated heterocycles. The summed E-state index contributed by atoms with van der Waals surface area (Å²) in [5, 5.41) is 9.70. The van der Waals surface area contributed by atoms with Gasteiger partial charge >= 0.3 is 11.9 Å². The molecule has 0 bridgehead atoms. The molecule has 6 rings (SSSR count). The van der Waals surface area contributed by atoms with Crippen LogP contribution in [0.5, 0.6) is 11.5 Å². The van der Waals surface area contributed by atoms with Gasteiger partial charge in [0.1, 0.15) is 11.5 Å². The van der Waals surface area contributed by atoms with E-state index in [0.29, 0.717) is 66.2 Å². The van der Waals surface area contributed by atoms with Gasteiger partial charge in [-0.1, -0.05) is 42.3 Å². The third kappa shape index (κ3) is 5.26. The molecule has 220 valence electrons. The summed E-state index contributed by atoms with van der Waals surface area (Å²) in [6.07, 6.45) is 2.83. The van der Waals surface area contributed by atoms with Gasteiger partial charge in [-0.05, 0) is 61.4 Å². The van der Waals surface area contributed by atoms with Crippen LogP contribution in [0.25, 0.3) is 17.4 Å². The van der Waals surface area contributed by atoms with Gasteiger partial charge in [-0.15, -0.1) is 0 Å². The SMILES string of the molecule is CCCC1=C(C(=O)OCC)[C@H](c2ccc3c(c2)OCO3)n2c(s/c(=C\c3ccc(-c4cc(C(=O)O)ccc4Cl)o3)c2=O)=N1. The van der Waals surface area contributed by atoms with Crippen molar-refractivity contribution in [1.82, 2.24) is 4.57 Å². The Morgan fingerprint density at radius 3 is 2.72 bits per heavy atom. The van der Waals surface area contributed by atoms with Gasteiger partial charge in [0.2, 0.25) is 6.79 Å². The number of nitrogens with zero attached hydrogens (tertiary/aromatic N) is 2. The van der Waals surface area contributed by atoms with Crippen LogP contribution in [-0.4, -0.2) is 35.0 Å². The van der Waals surface area contributed by atoms with Crippen molar-refractivity contribution < 1.29 is 33.3 Å². The lowest BCUT2D eigenvalue weighted by molar-refractivity contribution is -0.139. The summed E-state index contributed by atoms with van der Waals surface area (Å²) >= 11 is 7.50. The maximum Gasteiger partial charge on any atom is 0.338 e. The van der Waals surface area contributed by atoms with Crippen LogP contribution < -0.4 is 24.4 Å². The summed E-state index contributed by atoms with van der Waals surface area (Å²) in [6, 6.07) is 12.2. The molecule has 2 aliphatic rings. The first kappa shape index (κ1) is 28.5. The molecule has 0 spiro atoms. The van der Waals surface area contributed by atoms with Crippen LogP contribution >= 0.6 is 22.9 Å². The topological polar surface area (TPSA) is 130 Å². The maximum absolute atomic E-state index is 14.0. The number of carbonyl (C=O) groups excluding carboxylic acids is 1. The maximum atomic E-state index is 14.0. The van der Waals surface area contributed by atoms with Gasteiger partial charge in [0.15, 0.2) is 16.3 Å². The van der Waals surface area contributed by atoms with Crippen molar-refractivity contribution in [3.8, 4) is 22.8 Å². The van der Waals surface area contributed by atoms with Crippen molar-refractivity contribution in [2.45, 2.75) is 32.7 Å². The van der Waals surface area contributed by atoms with Crippen LogP contribution in [0.2, 0.25) is 5.02 Å². The van der Waals surface area contributed by atoms with E-state index < -0.39 is 18.0 Å². The highest BCUT2D eigenvalue weighted by Crippen LogP contribution is 2.39. The monoisotopic (exact) mass is 620 g/mol. The summed E-state index contributed by atoms with van der Waals surface area (Å²) in [5.74, 6) is 0.172. The first-order valence-electron chi connectivity index (χ1n) is 13.5. The third-order valence-corrected chi connectivity index (χ3v) is 8.30. The molecular formula is C31H25ClN2O8S. The fourth-order valence-electron chi connectivity index (χ4n) is 5.07. The number of hydrogen-bond donors (Lipinski definition) is 1. The predicted octanol–water partition coefficient (Wildman–Crippen LogP) is 4.92. The molecule has 1 atom stereocenters. The Labute approximate surface area is 253 Å². The molecule has 4 heterocycles. The number of fused-ring (bicyclic) bond motifs is 2. The number of carbonyl (C=O) groups is 2. The number of aromatic nitrogens is 1. The van der Waals surface area contributed by atoms with Gasteiger partial charge in [-0.2, -0.15) is 0 Å². The summed E-state index contributed by atoms with van der Waals surface area (Å²) in [6.45, 7) is 3.97. The van der Waals surface area contributed by atoms with E-state index in [9.17, 15) is 19.5 Å². The molecule has 1 N–H and O–H groups in total. The van der Waals surface area contributed by atoms with Crippen molar-refractivity contribution in [2.24, 2.45) is 4.99 Å². The number of hydrogen-bond acceptors (Lipinski definition) is 9. The minimum absolute atomic E-state index is 0.0643. The number of furan rings is 1. The van der Waals surface area contributed by atoms with E-state index in [1.807, 2.05) is 6.92 Å². The molecule has 10 nitrogen and oxygen atoms in total. The predicted molar refractivity (Wildman–Crippen MR) is 158 cm³/mol. The number of rotatable bonds is 8. The van der Waals surface area contributed by atoms with E-state index in [0.717, 1.165) is 6.42 Å². The van der Waals surface area contributed by atoms with Crippen molar-refractivity contribution in [2.75, 3.05) is 13.4 Å². The number of aromatic carboxylic acids is 1. The van der Waals surface area contributed by atoms with Crippen molar-refractivity contribution >= 4 is 41.0 Å². The van der Waals surface area contributed by atoms with Crippen LogP contribution in [0.1, 0.15) is 54.4 Å². The van der Waals surface area contributed by atoms with Gasteiger partial charge in [-0.3, -0.25) is 9.36 Å². The zero-order valence-corrected chi connectivity index (χ0v) is 24.7. The Balaban J connectivity index is 1.49. The highest BCUT2D eigenvalue weighted by molar-refractivity contribution is 7.07. The van der Waals surface area contributed by atoms with Gasteiger partial charge < -0.3 is 23.7 Å². The highest BCUT2D eigenvalue weighted by atomic mass is 35.5. The Bertz CT molecular complexity index is 1990. The largest absolute Gasteiger partial charge is 0.478 e. The number of esters is 1. The van der Waals surface area contributed by atoms with Crippen LogP contribution in [0.3, 0.4) is 0 Å². The number of carboxylic acids is 1. The minimum atomic E-state index is -1.09. The smallest absolute Gasteiger partial charge is 0.338 e.